The molecular weight excluding hydrogens is 290 g/mol. The second-order valence-corrected chi connectivity index (χ2v) is 5.34. The number of benzene rings is 1. The van der Waals surface area contributed by atoms with Crippen molar-refractivity contribution < 1.29 is 14.3 Å². The number of hydrogen-bond donors (Lipinski definition) is 0. The Morgan fingerprint density at radius 2 is 2.19 bits per heavy atom. The Morgan fingerprint density at radius 1 is 1.38 bits per heavy atom. The van der Waals surface area contributed by atoms with E-state index in [1.165, 1.54) is 0 Å². The summed E-state index contributed by atoms with van der Waals surface area (Å²) in [6.45, 7) is 2.34. The molecular formula is C14H17N3O3S. The fourth-order valence-corrected chi connectivity index (χ4v) is 2.50. The van der Waals surface area contributed by atoms with E-state index in [1.807, 2.05) is 18.5 Å². The summed E-state index contributed by atoms with van der Waals surface area (Å²) < 4.78 is 12.8. The topological polar surface area (TPSA) is 66.2 Å². The summed E-state index contributed by atoms with van der Waals surface area (Å²) in [5.41, 5.74) is 0.480. The van der Waals surface area contributed by atoms with Crippen LogP contribution in [0.3, 0.4) is 0 Å². The Labute approximate surface area is 127 Å². The second-order valence-electron chi connectivity index (χ2n) is 4.28. The molecule has 0 radical (unpaired) electrons. The molecule has 7 heteroatoms. The zero-order valence-corrected chi connectivity index (χ0v) is 13.0. The number of aryl methyl sites for hydroxylation is 1. The van der Waals surface area contributed by atoms with Gasteiger partial charge in [-0.3, -0.25) is 4.79 Å². The molecule has 0 amide bonds. The number of para-hydroxylation sites is 1. The van der Waals surface area contributed by atoms with Crippen molar-refractivity contribution in [1.82, 2.24) is 14.8 Å². The van der Waals surface area contributed by atoms with Gasteiger partial charge in [-0.05, 0) is 19.1 Å². The molecule has 0 spiro atoms. The lowest BCUT2D eigenvalue weighted by atomic mass is 10.2. The summed E-state index contributed by atoms with van der Waals surface area (Å²) in [7, 11) is 3.47. The van der Waals surface area contributed by atoms with Crippen LogP contribution in [-0.2, 0) is 7.05 Å². The first kappa shape index (κ1) is 15.4. The second kappa shape index (κ2) is 7.12. The van der Waals surface area contributed by atoms with Crippen LogP contribution in [0.2, 0.25) is 0 Å². The summed E-state index contributed by atoms with van der Waals surface area (Å²) >= 11 is 1.55. The summed E-state index contributed by atoms with van der Waals surface area (Å²) in [5.74, 6) is 2.60. The number of hydrogen-bond acceptors (Lipinski definition) is 6. The Hall–Kier alpha value is -2.02. The molecule has 1 heterocycles. The van der Waals surface area contributed by atoms with Gasteiger partial charge >= 0.3 is 0 Å². The number of carbonyl (C=O) groups is 1. The summed E-state index contributed by atoms with van der Waals surface area (Å²) in [6, 6.07) is 5.22. The van der Waals surface area contributed by atoms with E-state index < -0.39 is 0 Å². The molecule has 2 aromatic rings. The van der Waals surface area contributed by atoms with E-state index in [2.05, 4.69) is 10.2 Å². The first-order valence-electron chi connectivity index (χ1n) is 6.41. The van der Waals surface area contributed by atoms with E-state index in [-0.39, 0.29) is 0 Å². The molecule has 112 valence electrons. The van der Waals surface area contributed by atoms with E-state index in [1.54, 1.807) is 37.1 Å². The fourth-order valence-electron chi connectivity index (χ4n) is 1.73. The maximum absolute atomic E-state index is 11.0. The quantitative estimate of drug-likeness (QED) is 0.443. The fraction of sp³-hybridized carbons (Fsp3) is 0.357. The van der Waals surface area contributed by atoms with Crippen LogP contribution in [0.25, 0.3) is 0 Å². The Morgan fingerprint density at radius 3 is 2.81 bits per heavy atom. The van der Waals surface area contributed by atoms with E-state index in [9.17, 15) is 4.79 Å². The number of aromatic nitrogens is 3. The predicted octanol–water partition coefficient (Wildman–Crippen LogP) is 2.12. The number of carbonyl (C=O) groups excluding carboxylic acids is 1. The Balaban J connectivity index is 1.94. The largest absolute Gasteiger partial charge is 0.493 e. The zero-order valence-electron chi connectivity index (χ0n) is 12.2. The zero-order chi connectivity index (χ0) is 15.2. The van der Waals surface area contributed by atoms with E-state index in [0.717, 1.165) is 17.3 Å². The third-order valence-corrected chi connectivity index (χ3v) is 3.95. The van der Waals surface area contributed by atoms with Crippen LogP contribution < -0.4 is 9.47 Å². The van der Waals surface area contributed by atoms with E-state index in [0.29, 0.717) is 29.4 Å². The van der Waals surface area contributed by atoms with Crippen LogP contribution in [0.15, 0.2) is 23.4 Å². The van der Waals surface area contributed by atoms with Crippen LogP contribution in [0.1, 0.15) is 16.2 Å². The number of thioether (sulfide) groups is 1. The van der Waals surface area contributed by atoms with Gasteiger partial charge in [-0.25, -0.2) is 0 Å². The molecule has 0 bridgehead atoms. The van der Waals surface area contributed by atoms with E-state index >= 15 is 0 Å². The van der Waals surface area contributed by atoms with E-state index in [4.69, 9.17) is 9.47 Å². The van der Waals surface area contributed by atoms with Crippen molar-refractivity contribution in [3.8, 4) is 11.5 Å². The number of rotatable bonds is 7. The average molecular weight is 307 g/mol. The highest BCUT2D eigenvalue weighted by molar-refractivity contribution is 7.99. The van der Waals surface area contributed by atoms with Gasteiger partial charge in [0.1, 0.15) is 5.82 Å². The van der Waals surface area contributed by atoms with Crippen molar-refractivity contribution in [3.63, 3.8) is 0 Å². The molecule has 0 saturated carbocycles. The van der Waals surface area contributed by atoms with Gasteiger partial charge in [0.25, 0.3) is 0 Å². The van der Waals surface area contributed by atoms with Crippen LogP contribution in [0, 0.1) is 6.92 Å². The minimum Gasteiger partial charge on any atom is -0.493 e. The first-order chi connectivity index (χ1) is 10.2. The summed E-state index contributed by atoms with van der Waals surface area (Å²) in [6.07, 6.45) is 0.761. The lowest BCUT2D eigenvalue weighted by Crippen LogP contribution is -2.05. The van der Waals surface area contributed by atoms with Crippen molar-refractivity contribution in [2.24, 2.45) is 7.05 Å². The average Bonchev–Trinajstić information content (AvgIpc) is 2.83. The lowest BCUT2D eigenvalue weighted by Gasteiger charge is -2.12. The van der Waals surface area contributed by atoms with Gasteiger partial charge in [0, 0.05) is 12.8 Å². The molecule has 0 fully saturated rings. The van der Waals surface area contributed by atoms with Crippen LogP contribution in [0.4, 0.5) is 0 Å². The highest BCUT2D eigenvalue weighted by Gasteiger charge is 2.10. The van der Waals surface area contributed by atoms with Crippen LogP contribution >= 0.6 is 11.8 Å². The molecule has 0 saturated heterocycles. The van der Waals surface area contributed by atoms with Crippen molar-refractivity contribution >= 4 is 18.0 Å². The van der Waals surface area contributed by atoms with Gasteiger partial charge in [0.2, 0.25) is 0 Å². The number of methoxy groups -OCH3 is 1. The molecule has 2 rings (SSSR count). The predicted molar refractivity (Wildman–Crippen MR) is 80.3 cm³/mol. The van der Waals surface area contributed by atoms with Crippen molar-refractivity contribution in [2.75, 3.05) is 19.5 Å². The molecule has 0 N–H and O–H groups in total. The molecule has 0 aliphatic carbocycles. The van der Waals surface area contributed by atoms with Gasteiger partial charge in [-0.1, -0.05) is 17.8 Å². The molecule has 0 atom stereocenters. The maximum Gasteiger partial charge on any atom is 0.191 e. The van der Waals surface area contributed by atoms with Crippen LogP contribution in [-0.4, -0.2) is 40.5 Å². The third-order valence-electron chi connectivity index (χ3n) is 2.97. The van der Waals surface area contributed by atoms with Crippen molar-refractivity contribution in [2.45, 2.75) is 12.1 Å². The third kappa shape index (κ3) is 3.55. The SMILES string of the molecule is COc1cccc(C=O)c1OCCSc1nnc(C)n1C. The number of aldehydes is 1. The molecule has 0 aliphatic rings. The number of nitrogens with zero attached hydrogens (tertiary/aromatic N) is 3. The van der Waals surface area contributed by atoms with Crippen molar-refractivity contribution in [1.29, 1.82) is 0 Å². The van der Waals surface area contributed by atoms with Gasteiger partial charge in [-0.15, -0.1) is 10.2 Å². The molecule has 21 heavy (non-hydrogen) atoms. The summed E-state index contributed by atoms with van der Waals surface area (Å²) in [5, 5.41) is 8.90. The molecule has 1 aromatic carbocycles. The van der Waals surface area contributed by atoms with Crippen molar-refractivity contribution in [3.05, 3.63) is 29.6 Å². The van der Waals surface area contributed by atoms with Gasteiger partial charge in [0.05, 0.1) is 19.3 Å². The van der Waals surface area contributed by atoms with Crippen LogP contribution in [0.5, 0.6) is 11.5 Å². The van der Waals surface area contributed by atoms with Gasteiger partial charge in [-0.2, -0.15) is 0 Å². The minimum absolute atomic E-state index is 0.442. The Kier molecular flexibility index (Phi) is 5.21. The molecule has 1 aromatic heterocycles. The maximum atomic E-state index is 11.0. The first-order valence-corrected chi connectivity index (χ1v) is 7.39. The summed E-state index contributed by atoms with van der Waals surface area (Å²) in [4.78, 5) is 11.0. The highest BCUT2D eigenvalue weighted by atomic mass is 32.2. The monoisotopic (exact) mass is 307 g/mol. The molecule has 0 unspecified atom stereocenters. The number of ether oxygens (including phenoxy) is 2. The lowest BCUT2D eigenvalue weighted by molar-refractivity contribution is 0.111. The Bertz CT molecular complexity index is 628. The normalized spacial score (nSPS) is 10.4. The molecule has 0 aliphatic heterocycles. The standard InChI is InChI=1S/C14H17N3O3S/c1-10-15-16-14(17(10)2)21-8-7-20-13-11(9-18)5-4-6-12(13)19-3/h4-6,9H,7-8H2,1-3H3. The smallest absolute Gasteiger partial charge is 0.191 e. The highest BCUT2D eigenvalue weighted by Crippen LogP contribution is 2.30. The van der Waals surface area contributed by atoms with Gasteiger partial charge < -0.3 is 14.0 Å². The minimum atomic E-state index is 0.442. The molecule has 6 nitrogen and oxygen atoms in total. The van der Waals surface area contributed by atoms with Gasteiger partial charge in [0.15, 0.2) is 22.9 Å².